The highest BCUT2D eigenvalue weighted by Crippen LogP contribution is 2.38. The average Bonchev–Trinajstić information content (AvgIpc) is 2.99. The van der Waals surface area contributed by atoms with Crippen molar-refractivity contribution < 1.29 is 0 Å². The van der Waals surface area contributed by atoms with Crippen molar-refractivity contribution in [3.8, 4) is 0 Å². The fourth-order valence-electron chi connectivity index (χ4n) is 3.04. The summed E-state index contributed by atoms with van der Waals surface area (Å²) in [5.74, 6) is 0. The van der Waals surface area contributed by atoms with Gasteiger partial charge in [-0.05, 0) is 42.8 Å². The number of nitrogens with zero attached hydrogens (tertiary/aromatic N) is 1. The summed E-state index contributed by atoms with van der Waals surface area (Å²) >= 11 is 5.49. The molecule has 0 spiro atoms. The standard InChI is InChI=1S/C17H19N3S/c21-16(19-15-9-6-12-18-13-15)20-17(10-4-5-11-17)14-7-2-1-3-8-14/h1-3,6-9,12-13H,4-5,10-11H2,(H2,19,20,21). The molecule has 108 valence electrons. The minimum Gasteiger partial charge on any atom is -0.353 e. The Hall–Kier alpha value is -1.94. The molecule has 0 aliphatic heterocycles. The maximum absolute atomic E-state index is 5.49. The van der Waals surface area contributed by atoms with Crippen LogP contribution in [0, 0.1) is 0 Å². The lowest BCUT2D eigenvalue weighted by atomic mass is 9.88. The third-order valence-corrected chi connectivity index (χ3v) is 4.26. The minimum absolute atomic E-state index is 0.0342. The summed E-state index contributed by atoms with van der Waals surface area (Å²) in [6.07, 6.45) is 8.23. The Kier molecular flexibility index (Phi) is 4.15. The number of anilines is 1. The van der Waals surface area contributed by atoms with E-state index >= 15 is 0 Å². The SMILES string of the molecule is S=C(Nc1cccnc1)NC1(c2ccccc2)CCCC1. The highest BCUT2D eigenvalue weighted by molar-refractivity contribution is 7.80. The Bertz CT molecular complexity index is 592. The largest absolute Gasteiger partial charge is 0.353 e. The predicted octanol–water partition coefficient (Wildman–Crippen LogP) is 3.84. The number of rotatable bonds is 3. The van der Waals surface area contributed by atoms with E-state index in [2.05, 4.69) is 45.9 Å². The molecule has 1 saturated carbocycles. The summed E-state index contributed by atoms with van der Waals surface area (Å²) in [4.78, 5) is 4.10. The number of aromatic nitrogens is 1. The first kappa shape index (κ1) is 14.0. The van der Waals surface area contributed by atoms with Gasteiger partial charge in [-0.1, -0.05) is 43.2 Å². The molecule has 1 aromatic carbocycles. The highest BCUT2D eigenvalue weighted by Gasteiger charge is 2.35. The monoisotopic (exact) mass is 297 g/mol. The van der Waals surface area contributed by atoms with Crippen molar-refractivity contribution in [2.24, 2.45) is 0 Å². The first-order chi connectivity index (χ1) is 10.3. The lowest BCUT2D eigenvalue weighted by Crippen LogP contribution is -2.45. The van der Waals surface area contributed by atoms with Crippen molar-refractivity contribution in [3.05, 3.63) is 60.4 Å². The zero-order chi connectivity index (χ0) is 14.5. The van der Waals surface area contributed by atoms with Crippen molar-refractivity contribution in [3.63, 3.8) is 0 Å². The third kappa shape index (κ3) is 3.22. The van der Waals surface area contributed by atoms with Gasteiger partial charge in [0.25, 0.3) is 0 Å². The summed E-state index contributed by atoms with van der Waals surface area (Å²) in [5.41, 5.74) is 2.20. The lowest BCUT2D eigenvalue weighted by molar-refractivity contribution is 0.408. The van der Waals surface area contributed by atoms with Crippen LogP contribution in [0.2, 0.25) is 0 Å². The van der Waals surface area contributed by atoms with Crippen LogP contribution in [0.4, 0.5) is 5.69 Å². The number of thiocarbonyl (C=S) groups is 1. The number of benzene rings is 1. The average molecular weight is 297 g/mol. The number of pyridine rings is 1. The summed E-state index contributed by atoms with van der Waals surface area (Å²) in [6.45, 7) is 0. The van der Waals surface area contributed by atoms with E-state index in [4.69, 9.17) is 12.2 Å². The first-order valence-electron chi connectivity index (χ1n) is 7.33. The van der Waals surface area contributed by atoms with E-state index < -0.39 is 0 Å². The fraction of sp³-hybridized carbons (Fsp3) is 0.294. The van der Waals surface area contributed by atoms with E-state index in [1.165, 1.54) is 18.4 Å². The Morgan fingerprint density at radius 1 is 1.05 bits per heavy atom. The molecule has 1 heterocycles. The van der Waals surface area contributed by atoms with Gasteiger partial charge in [-0.3, -0.25) is 4.98 Å². The molecule has 0 saturated heterocycles. The van der Waals surface area contributed by atoms with Gasteiger partial charge < -0.3 is 10.6 Å². The molecule has 21 heavy (non-hydrogen) atoms. The van der Waals surface area contributed by atoms with Crippen LogP contribution >= 0.6 is 12.2 Å². The quantitative estimate of drug-likeness (QED) is 0.844. The maximum Gasteiger partial charge on any atom is 0.171 e. The van der Waals surface area contributed by atoms with Gasteiger partial charge in [0.05, 0.1) is 17.4 Å². The Morgan fingerprint density at radius 2 is 1.81 bits per heavy atom. The van der Waals surface area contributed by atoms with E-state index in [1.807, 2.05) is 12.1 Å². The number of nitrogens with one attached hydrogen (secondary N) is 2. The van der Waals surface area contributed by atoms with Crippen LogP contribution in [0.15, 0.2) is 54.9 Å². The Morgan fingerprint density at radius 3 is 2.48 bits per heavy atom. The Labute approximate surface area is 130 Å². The molecule has 0 unspecified atom stereocenters. The van der Waals surface area contributed by atoms with E-state index in [9.17, 15) is 0 Å². The van der Waals surface area contributed by atoms with Crippen molar-refractivity contribution in [1.82, 2.24) is 10.3 Å². The van der Waals surface area contributed by atoms with Gasteiger partial charge in [-0.2, -0.15) is 0 Å². The van der Waals surface area contributed by atoms with E-state index in [-0.39, 0.29) is 5.54 Å². The van der Waals surface area contributed by atoms with Crippen LogP contribution in [0.1, 0.15) is 31.2 Å². The zero-order valence-corrected chi connectivity index (χ0v) is 12.7. The van der Waals surface area contributed by atoms with Crippen LogP contribution in [-0.4, -0.2) is 10.1 Å². The van der Waals surface area contributed by atoms with Crippen molar-refractivity contribution in [1.29, 1.82) is 0 Å². The van der Waals surface area contributed by atoms with Gasteiger partial charge in [0.2, 0.25) is 0 Å². The zero-order valence-electron chi connectivity index (χ0n) is 11.9. The van der Waals surface area contributed by atoms with Crippen LogP contribution < -0.4 is 10.6 Å². The second-order valence-corrected chi connectivity index (χ2v) is 5.88. The number of hydrogen-bond donors (Lipinski definition) is 2. The van der Waals surface area contributed by atoms with Crippen LogP contribution in [-0.2, 0) is 5.54 Å². The molecule has 0 bridgehead atoms. The van der Waals surface area contributed by atoms with Crippen LogP contribution in [0.5, 0.6) is 0 Å². The lowest BCUT2D eigenvalue weighted by Gasteiger charge is -2.32. The van der Waals surface area contributed by atoms with Crippen molar-refractivity contribution in [2.75, 3.05) is 5.32 Å². The molecule has 2 aromatic rings. The molecule has 1 fully saturated rings. The summed E-state index contributed by atoms with van der Waals surface area (Å²) < 4.78 is 0. The fourth-order valence-corrected chi connectivity index (χ4v) is 3.35. The van der Waals surface area contributed by atoms with Gasteiger partial charge in [0.1, 0.15) is 0 Å². The van der Waals surface area contributed by atoms with Crippen molar-refractivity contribution >= 4 is 23.0 Å². The van der Waals surface area contributed by atoms with Gasteiger partial charge >= 0.3 is 0 Å². The molecule has 3 nitrogen and oxygen atoms in total. The molecule has 2 N–H and O–H groups in total. The molecule has 0 amide bonds. The molecular weight excluding hydrogens is 278 g/mol. The van der Waals surface area contributed by atoms with Gasteiger partial charge in [0.15, 0.2) is 5.11 Å². The van der Waals surface area contributed by atoms with E-state index in [1.54, 1.807) is 12.4 Å². The van der Waals surface area contributed by atoms with Crippen LogP contribution in [0.3, 0.4) is 0 Å². The molecule has 1 aromatic heterocycles. The summed E-state index contributed by atoms with van der Waals surface area (Å²) in [5, 5.41) is 7.43. The van der Waals surface area contributed by atoms with Gasteiger partial charge in [-0.15, -0.1) is 0 Å². The molecule has 1 aliphatic carbocycles. The van der Waals surface area contributed by atoms with Gasteiger partial charge in [0, 0.05) is 6.20 Å². The highest BCUT2D eigenvalue weighted by atomic mass is 32.1. The predicted molar refractivity (Wildman–Crippen MR) is 90.2 cm³/mol. The second-order valence-electron chi connectivity index (χ2n) is 5.48. The maximum atomic E-state index is 5.49. The molecule has 1 aliphatic rings. The summed E-state index contributed by atoms with van der Waals surface area (Å²) in [7, 11) is 0. The molecule has 4 heteroatoms. The van der Waals surface area contributed by atoms with Gasteiger partial charge in [-0.25, -0.2) is 0 Å². The van der Waals surface area contributed by atoms with Crippen molar-refractivity contribution in [2.45, 2.75) is 31.2 Å². The van der Waals surface area contributed by atoms with E-state index in [0.29, 0.717) is 5.11 Å². The van der Waals surface area contributed by atoms with Crippen LogP contribution in [0.25, 0.3) is 0 Å². The second kappa shape index (κ2) is 6.22. The number of hydrogen-bond acceptors (Lipinski definition) is 2. The normalized spacial score (nSPS) is 16.4. The molecular formula is C17H19N3S. The summed E-state index contributed by atoms with van der Waals surface area (Å²) in [6, 6.07) is 14.5. The van der Waals surface area contributed by atoms with E-state index in [0.717, 1.165) is 18.5 Å². The smallest absolute Gasteiger partial charge is 0.171 e. The first-order valence-corrected chi connectivity index (χ1v) is 7.74. The Balaban J connectivity index is 1.75. The molecule has 0 radical (unpaired) electrons. The third-order valence-electron chi connectivity index (χ3n) is 4.06. The minimum atomic E-state index is -0.0342. The topological polar surface area (TPSA) is 37.0 Å². The molecule has 0 atom stereocenters. The molecule has 3 rings (SSSR count).